The zero-order chi connectivity index (χ0) is 28.4. The number of nitrogens with one attached hydrogen (secondary N) is 2. The van der Waals surface area contributed by atoms with E-state index in [0.29, 0.717) is 40.2 Å². The molecule has 1 heterocycles. The first kappa shape index (κ1) is 29.3. The molecule has 0 atom stereocenters. The molecule has 1 aliphatic rings. The number of carbonyl (C=O) groups excluding carboxylic acids is 1. The number of thioether (sulfide) groups is 1. The Morgan fingerprint density at radius 1 is 0.872 bits per heavy atom. The van der Waals surface area contributed by atoms with Gasteiger partial charge in [0, 0.05) is 28.7 Å². The Kier molecular flexibility index (Phi) is 8.85. The van der Waals surface area contributed by atoms with Gasteiger partial charge in [-0.25, -0.2) is 16.8 Å². The Morgan fingerprint density at radius 2 is 1.44 bits per heavy atom. The molecule has 1 amide bonds. The molecule has 208 valence electrons. The van der Waals surface area contributed by atoms with Crippen LogP contribution in [-0.4, -0.2) is 47.0 Å². The lowest BCUT2D eigenvalue weighted by molar-refractivity contribution is 0.0693. The minimum Gasteiger partial charge on any atom is -0.339 e. The van der Waals surface area contributed by atoms with Crippen molar-refractivity contribution in [1.29, 1.82) is 0 Å². The van der Waals surface area contributed by atoms with Crippen molar-refractivity contribution in [3.63, 3.8) is 0 Å². The summed E-state index contributed by atoms with van der Waals surface area (Å²) in [5, 5.41) is 0.431. The van der Waals surface area contributed by atoms with Gasteiger partial charge in [-0.2, -0.15) is 0 Å². The molecule has 0 saturated carbocycles. The van der Waals surface area contributed by atoms with Gasteiger partial charge < -0.3 is 4.90 Å². The third-order valence-electron chi connectivity index (χ3n) is 6.62. The number of piperidine rings is 1. The number of aryl methyl sites for hydroxylation is 1. The molecule has 0 radical (unpaired) electrons. The van der Waals surface area contributed by atoms with Crippen molar-refractivity contribution in [3.05, 3.63) is 76.8 Å². The van der Waals surface area contributed by atoms with Crippen LogP contribution in [0.4, 0.5) is 11.4 Å². The van der Waals surface area contributed by atoms with Gasteiger partial charge in [0.05, 0.1) is 21.0 Å². The lowest BCUT2D eigenvalue weighted by Crippen LogP contribution is -2.38. The SMILES string of the molecule is CSc1ccc(S(=O)(=O)Nc2ccc(S(=O)(=O)Nc3ccc(C)c(Cl)c3)cc2)cc1C(=O)N1CCC(C)CC1. The van der Waals surface area contributed by atoms with E-state index < -0.39 is 20.0 Å². The van der Waals surface area contributed by atoms with E-state index in [1.54, 1.807) is 23.1 Å². The summed E-state index contributed by atoms with van der Waals surface area (Å²) in [6.45, 7) is 5.26. The van der Waals surface area contributed by atoms with E-state index in [1.165, 1.54) is 54.2 Å². The van der Waals surface area contributed by atoms with Crippen LogP contribution in [0, 0.1) is 12.8 Å². The van der Waals surface area contributed by atoms with Gasteiger partial charge in [-0.3, -0.25) is 14.2 Å². The number of carbonyl (C=O) groups is 1. The highest BCUT2D eigenvalue weighted by Gasteiger charge is 2.25. The summed E-state index contributed by atoms with van der Waals surface area (Å²) < 4.78 is 56.9. The zero-order valence-corrected chi connectivity index (χ0v) is 25.0. The molecule has 3 aromatic carbocycles. The first-order chi connectivity index (χ1) is 18.4. The number of halogens is 1. The van der Waals surface area contributed by atoms with Gasteiger partial charge in [-0.1, -0.05) is 24.6 Å². The lowest BCUT2D eigenvalue weighted by Gasteiger charge is -2.30. The van der Waals surface area contributed by atoms with E-state index in [9.17, 15) is 21.6 Å². The highest BCUT2D eigenvalue weighted by Crippen LogP contribution is 2.28. The summed E-state index contributed by atoms with van der Waals surface area (Å²) in [6.07, 6.45) is 3.68. The summed E-state index contributed by atoms with van der Waals surface area (Å²) in [4.78, 5) is 15.6. The summed E-state index contributed by atoms with van der Waals surface area (Å²) in [5.74, 6) is 0.378. The molecule has 2 N–H and O–H groups in total. The Bertz CT molecular complexity index is 1590. The monoisotopic (exact) mass is 607 g/mol. The van der Waals surface area contributed by atoms with Crippen LogP contribution in [0.2, 0.25) is 5.02 Å². The average Bonchev–Trinajstić information content (AvgIpc) is 2.90. The van der Waals surface area contributed by atoms with Gasteiger partial charge in [-0.05, 0) is 92.1 Å². The second-order valence-electron chi connectivity index (χ2n) is 9.54. The average molecular weight is 608 g/mol. The normalized spacial score (nSPS) is 14.7. The number of anilines is 2. The van der Waals surface area contributed by atoms with Crippen molar-refractivity contribution >= 4 is 60.7 Å². The lowest BCUT2D eigenvalue weighted by atomic mass is 9.98. The Balaban J connectivity index is 1.52. The van der Waals surface area contributed by atoms with Crippen molar-refractivity contribution in [1.82, 2.24) is 4.90 Å². The third-order valence-corrected chi connectivity index (χ3v) is 10.6. The van der Waals surface area contributed by atoms with Crippen molar-refractivity contribution < 1.29 is 21.6 Å². The molecular weight excluding hydrogens is 578 g/mol. The van der Waals surface area contributed by atoms with E-state index >= 15 is 0 Å². The zero-order valence-electron chi connectivity index (χ0n) is 21.8. The van der Waals surface area contributed by atoms with Crippen LogP contribution in [0.25, 0.3) is 0 Å². The van der Waals surface area contributed by atoms with Gasteiger partial charge in [0.15, 0.2) is 0 Å². The molecule has 3 aromatic rings. The van der Waals surface area contributed by atoms with E-state index in [-0.39, 0.29) is 21.4 Å². The molecule has 0 aliphatic carbocycles. The predicted molar refractivity (Wildman–Crippen MR) is 157 cm³/mol. The number of hydrogen-bond donors (Lipinski definition) is 2. The Labute approximate surface area is 239 Å². The maximum atomic E-state index is 13.2. The summed E-state index contributed by atoms with van der Waals surface area (Å²) in [7, 11) is -7.97. The maximum absolute atomic E-state index is 13.2. The number of nitrogens with zero attached hydrogens (tertiary/aromatic N) is 1. The van der Waals surface area contributed by atoms with Crippen molar-refractivity contribution in [3.8, 4) is 0 Å². The standard InChI is InChI=1S/C27H30ClN3O5S3/c1-18-12-14-31(15-13-18)27(32)24-17-23(10-11-26(24)37-3)39(35,36)29-20-6-8-22(9-7-20)38(33,34)30-21-5-4-19(2)25(28)16-21/h4-11,16-18,29-30H,12-15H2,1-3H3. The van der Waals surface area contributed by atoms with Crippen molar-refractivity contribution in [2.45, 2.75) is 41.4 Å². The molecule has 12 heteroatoms. The van der Waals surface area contributed by atoms with Gasteiger partial charge in [0.25, 0.3) is 26.0 Å². The van der Waals surface area contributed by atoms with E-state index in [1.807, 2.05) is 13.2 Å². The smallest absolute Gasteiger partial charge is 0.261 e. The van der Waals surface area contributed by atoms with Crippen LogP contribution >= 0.6 is 23.4 Å². The molecule has 0 bridgehead atoms. The Hall–Kier alpha value is -2.73. The largest absolute Gasteiger partial charge is 0.339 e. The fraction of sp³-hybridized carbons (Fsp3) is 0.296. The quantitative estimate of drug-likeness (QED) is 0.311. The highest BCUT2D eigenvalue weighted by molar-refractivity contribution is 7.98. The first-order valence-electron chi connectivity index (χ1n) is 12.3. The fourth-order valence-corrected chi connectivity index (χ4v) is 7.07. The van der Waals surface area contributed by atoms with Crippen LogP contribution in [0.15, 0.2) is 75.4 Å². The van der Waals surface area contributed by atoms with Gasteiger partial charge in [-0.15, -0.1) is 11.8 Å². The minimum absolute atomic E-state index is 0.0461. The number of likely N-dealkylation sites (tertiary alicyclic amines) is 1. The van der Waals surface area contributed by atoms with E-state index in [2.05, 4.69) is 16.4 Å². The molecule has 1 aliphatic heterocycles. The van der Waals surface area contributed by atoms with E-state index in [4.69, 9.17) is 11.6 Å². The third kappa shape index (κ3) is 6.89. The molecule has 1 fully saturated rings. The topological polar surface area (TPSA) is 113 Å². The molecule has 0 aromatic heterocycles. The van der Waals surface area contributed by atoms with Crippen LogP contribution < -0.4 is 9.44 Å². The molecule has 1 saturated heterocycles. The second kappa shape index (κ2) is 11.8. The minimum atomic E-state index is -4.05. The number of rotatable bonds is 8. The van der Waals surface area contributed by atoms with Gasteiger partial charge in [0.2, 0.25) is 0 Å². The van der Waals surface area contributed by atoms with Crippen LogP contribution in [0.5, 0.6) is 0 Å². The predicted octanol–water partition coefficient (Wildman–Crippen LogP) is 5.84. The number of sulfonamides is 2. The number of benzene rings is 3. The molecule has 39 heavy (non-hydrogen) atoms. The number of amides is 1. The summed E-state index contributed by atoms with van der Waals surface area (Å²) in [6, 6.07) is 14.7. The Morgan fingerprint density at radius 3 is 2.05 bits per heavy atom. The van der Waals surface area contributed by atoms with Crippen LogP contribution in [-0.2, 0) is 20.0 Å². The van der Waals surface area contributed by atoms with Crippen molar-refractivity contribution in [2.24, 2.45) is 5.92 Å². The van der Waals surface area contributed by atoms with Crippen LogP contribution in [0.1, 0.15) is 35.7 Å². The molecule has 0 spiro atoms. The van der Waals surface area contributed by atoms with Crippen LogP contribution in [0.3, 0.4) is 0 Å². The molecular formula is C27H30ClN3O5S3. The van der Waals surface area contributed by atoms with Gasteiger partial charge in [0.1, 0.15) is 0 Å². The molecule has 8 nitrogen and oxygen atoms in total. The molecule has 0 unspecified atom stereocenters. The maximum Gasteiger partial charge on any atom is 0.261 e. The van der Waals surface area contributed by atoms with Crippen molar-refractivity contribution in [2.75, 3.05) is 28.8 Å². The highest BCUT2D eigenvalue weighted by atomic mass is 35.5. The summed E-state index contributed by atoms with van der Waals surface area (Å²) in [5.41, 5.74) is 1.66. The summed E-state index contributed by atoms with van der Waals surface area (Å²) >= 11 is 7.47. The first-order valence-corrected chi connectivity index (χ1v) is 16.9. The van der Waals surface area contributed by atoms with Gasteiger partial charge >= 0.3 is 0 Å². The fourth-order valence-electron chi connectivity index (χ4n) is 4.19. The second-order valence-corrected chi connectivity index (χ2v) is 14.2. The number of hydrogen-bond acceptors (Lipinski definition) is 6. The molecule has 4 rings (SSSR count). The van der Waals surface area contributed by atoms with E-state index in [0.717, 1.165) is 18.4 Å².